The number of nitrogens with one attached hydrogen (secondary N) is 1. The number of hydrogen-bond acceptors (Lipinski definition) is 20. The van der Waals surface area contributed by atoms with Gasteiger partial charge in [0.15, 0.2) is 36.1 Å². The van der Waals surface area contributed by atoms with Crippen LogP contribution in [0.4, 0.5) is 29.2 Å². The lowest BCUT2D eigenvalue weighted by Gasteiger charge is -2.26. The van der Waals surface area contributed by atoms with E-state index < -0.39 is 127 Å². The van der Waals surface area contributed by atoms with E-state index in [1.165, 1.54) is 6.08 Å². The number of hydrogen-bond donors (Lipinski definition) is 8. The van der Waals surface area contributed by atoms with E-state index in [4.69, 9.17) is 34.7 Å². The van der Waals surface area contributed by atoms with Gasteiger partial charge in [0.1, 0.15) is 54.8 Å². The number of anilines is 2. The van der Waals surface area contributed by atoms with Gasteiger partial charge in [0, 0.05) is 12.6 Å². The van der Waals surface area contributed by atoms with Gasteiger partial charge in [-0.05, 0) is 12.5 Å². The van der Waals surface area contributed by atoms with Gasteiger partial charge in [0.2, 0.25) is 5.91 Å². The quantitative estimate of drug-likeness (QED) is 0.0265. The fraction of sp³-hybridized carbons (Fsp3) is 0.567. The Balaban J connectivity index is 1.40. The van der Waals surface area contributed by atoms with Crippen molar-refractivity contribution in [2.75, 3.05) is 37.9 Å². The monoisotopic (exact) mass is 935 g/mol. The van der Waals surface area contributed by atoms with Crippen LogP contribution >= 0.6 is 15.6 Å². The molecule has 0 saturated carbocycles. The van der Waals surface area contributed by atoms with E-state index in [2.05, 4.69) is 41.1 Å². The Morgan fingerprint density at radius 1 is 1.02 bits per heavy atom. The molecule has 0 spiro atoms. The van der Waals surface area contributed by atoms with Crippen LogP contribution in [0.5, 0.6) is 0 Å². The number of nitrogens with two attached hydrogens (primary N) is 2. The number of allylic oxidation sites excluding steroid dienone is 1. The van der Waals surface area contributed by atoms with Crippen molar-refractivity contribution in [1.82, 2.24) is 34.4 Å². The fourth-order valence-electron chi connectivity index (χ4n) is 5.90. The first-order valence-electron chi connectivity index (χ1n) is 17.7. The van der Waals surface area contributed by atoms with Crippen LogP contribution in [0.25, 0.3) is 11.2 Å². The van der Waals surface area contributed by atoms with Crippen molar-refractivity contribution in [3.63, 3.8) is 0 Å². The van der Waals surface area contributed by atoms with E-state index in [1.807, 2.05) is 0 Å². The molecule has 62 heavy (non-hydrogen) atoms. The second-order valence-corrected chi connectivity index (χ2v) is 15.9. The lowest BCUT2D eigenvalue weighted by atomic mass is 10.1. The van der Waals surface area contributed by atoms with Crippen molar-refractivity contribution in [3.8, 4) is 0 Å². The van der Waals surface area contributed by atoms with E-state index in [9.17, 15) is 66.0 Å². The number of aliphatic hydroxyl groups is 2. The minimum absolute atomic E-state index is 0.00907. The van der Waals surface area contributed by atoms with Crippen LogP contribution < -0.4 is 22.5 Å². The van der Waals surface area contributed by atoms with Gasteiger partial charge >= 0.3 is 39.7 Å². The summed E-state index contributed by atoms with van der Waals surface area (Å²) in [4.78, 5) is 83.3. The molecule has 10 atom stereocenters. The summed E-state index contributed by atoms with van der Waals surface area (Å²) < 4.78 is 116. The van der Waals surface area contributed by atoms with Crippen LogP contribution in [0.1, 0.15) is 25.3 Å². The molecular formula is C30H39F4N9O17P2. The molecule has 2 fully saturated rings. The van der Waals surface area contributed by atoms with Gasteiger partial charge in [-0.15, -0.1) is 6.58 Å². The molecule has 2 aliphatic rings. The van der Waals surface area contributed by atoms with Crippen LogP contribution in [0.15, 0.2) is 42.4 Å². The molecular weight excluding hydrogens is 896 g/mol. The number of nitrogens with zero attached hydrogens (tertiary/aromatic N) is 6. The second kappa shape index (κ2) is 19.9. The number of ether oxygens (including phenoxy) is 4. The van der Waals surface area contributed by atoms with Crippen molar-refractivity contribution < 1.29 is 93.7 Å². The Hall–Kier alpha value is -4.55. The van der Waals surface area contributed by atoms with Crippen molar-refractivity contribution in [1.29, 1.82) is 0 Å². The summed E-state index contributed by atoms with van der Waals surface area (Å²) in [5.74, 6) is -7.40. The van der Waals surface area contributed by atoms with Crippen LogP contribution in [0.3, 0.4) is 0 Å². The van der Waals surface area contributed by atoms with Gasteiger partial charge in [-0.2, -0.15) is 13.8 Å². The highest BCUT2D eigenvalue weighted by Gasteiger charge is 2.52. The Kier molecular flexibility index (Phi) is 15.5. The predicted molar refractivity (Wildman–Crippen MR) is 194 cm³/mol. The lowest BCUT2D eigenvalue weighted by molar-refractivity contribution is -0.174. The SMILES string of the molecule is C=CCCC(=O)NC(COCC(F)(F)C(F)F)C(=O)O[C@H]1[C@@H](O)[C@H](n2cnc3c(N)ncnc32)O[C@@H]1COP(=O)(O)O[C@H]1[C@@H](O)[C@H](n2ccc(N)nc2=O)O[C@@H]1COP(=O)(O)O. The summed E-state index contributed by atoms with van der Waals surface area (Å²) in [5.41, 5.74) is 10.2. The van der Waals surface area contributed by atoms with Gasteiger partial charge in [0.05, 0.1) is 26.1 Å². The highest BCUT2D eigenvalue weighted by molar-refractivity contribution is 7.47. The van der Waals surface area contributed by atoms with E-state index >= 15 is 0 Å². The summed E-state index contributed by atoms with van der Waals surface area (Å²) in [6.45, 7) is -1.86. The summed E-state index contributed by atoms with van der Waals surface area (Å²) in [6.07, 6.45) is -15.1. The molecule has 3 aromatic rings. The number of phosphoric acid groups is 2. The molecule has 1 amide bonds. The summed E-state index contributed by atoms with van der Waals surface area (Å²) in [6, 6.07) is -0.873. The molecule has 32 heteroatoms. The number of halogens is 4. The zero-order valence-corrected chi connectivity index (χ0v) is 33.3. The molecule has 2 aliphatic heterocycles. The van der Waals surface area contributed by atoms with Crippen molar-refractivity contribution in [2.45, 2.75) is 80.3 Å². The van der Waals surface area contributed by atoms with Gasteiger partial charge in [-0.1, -0.05) is 6.08 Å². The number of esters is 1. The first kappa shape index (κ1) is 48.5. The number of carbonyl (C=O) groups is 2. The highest BCUT2D eigenvalue weighted by atomic mass is 31.2. The van der Waals surface area contributed by atoms with Crippen molar-refractivity contribution in [3.05, 3.63) is 48.1 Å². The highest BCUT2D eigenvalue weighted by Crippen LogP contribution is 2.50. The second-order valence-electron chi connectivity index (χ2n) is 13.3. The maximum absolute atomic E-state index is 13.6. The van der Waals surface area contributed by atoms with Crippen LogP contribution in [-0.2, 0) is 51.2 Å². The number of amides is 1. The minimum Gasteiger partial charge on any atom is -0.455 e. The van der Waals surface area contributed by atoms with Crippen LogP contribution in [0, 0.1) is 0 Å². The molecule has 344 valence electrons. The first-order chi connectivity index (χ1) is 29.0. The number of rotatable bonds is 21. The number of carbonyl (C=O) groups excluding carboxylic acids is 2. The number of imidazole rings is 1. The zero-order chi connectivity index (χ0) is 45.7. The van der Waals surface area contributed by atoms with Gasteiger partial charge in [0.25, 0.3) is 0 Å². The molecule has 3 aromatic heterocycles. The topological polar surface area (TPSA) is 377 Å². The molecule has 5 heterocycles. The normalized spacial score (nSPS) is 25.8. The number of phosphoric ester groups is 2. The number of nitrogen functional groups attached to an aromatic ring is 2. The Bertz CT molecular complexity index is 2240. The molecule has 10 N–H and O–H groups in total. The van der Waals surface area contributed by atoms with Gasteiger partial charge in [-0.25, -0.2) is 42.5 Å². The third-order valence-electron chi connectivity index (χ3n) is 8.82. The largest absolute Gasteiger partial charge is 0.472 e. The maximum Gasteiger partial charge on any atom is 0.472 e. The third kappa shape index (κ3) is 11.9. The molecule has 26 nitrogen and oxygen atoms in total. The first-order valence-corrected chi connectivity index (χ1v) is 20.7. The van der Waals surface area contributed by atoms with E-state index in [1.54, 1.807) is 0 Å². The fourth-order valence-corrected chi connectivity index (χ4v) is 7.21. The summed E-state index contributed by atoms with van der Waals surface area (Å²) >= 11 is 0. The van der Waals surface area contributed by atoms with E-state index in [0.717, 1.165) is 29.5 Å². The summed E-state index contributed by atoms with van der Waals surface area (Å²) in [5, 5.41) is 24.7. The molecule has 0 radical (unpaired) electrons. The minimum atomic E-state index is -5.55. The van der Waals surface area contributed by atoms with Crippen molar-refractivity contribution >= 4 is 50.3 Å². The molecule has 2 saturated heterocycles. The van der Waals surface area contributed by atoms with E-state index in [0.29, 0.717) is 4.57 Å². The Morgan fingerprint density at radius 3 is 2.31 bits per heavy atom. The summed E-state index contributed by atoms with van der Waals surface area (Å²) in [7, 11) is -10.8. The molecule has 2 unspecified atom stereocenters. The van der Waals surface area contributed by atoms with Crippen LogP contribution in [0.2, 0.25) is 0 Å². The number of fused-ring (bicyclic) bond motifs is 1. The maximum atomic E-state index is 13.6. The molecule has 5 rings (SSSR count). The Morgan fingerprint density at radius 2 is 1.66 bits per heavy atom. The average Bonchev–Trinajstić information content (AvgIpc) is 3.84. The van der Waals surface area contributed by atoms with Gasteiger partial charge < -0.3 is 60.6 Å². The molecule has 0 aromatic carbocycles. The number of aliphatic hydroxyl groups excluding tert-OH is 2. The smallest absolute Gasteiger partial charge is 0.455 e. The molecule has 0 aliphatic carbocycles. The lowest BCUT2D eigenvalue weighted by Crippen LogP contribution is -2.49. The average molecular weight is 936 g/mol. The van der Waals surface area contributed by atoms with Crippen LogP contribution in [-0.4, -0.2) is 147 Å². The van der Waals surface area contributed by atoms with E-state index in [-0.39, 0.29) is 35.6 Å². The van der Waals surface area contributed by atoms with Crippen molar-refractivity contribution in [2.24, 2.45) is 0 Å². The Labute approximate surface area is 344 Å². The molecule has 0 bridgehead atoms. The van der Waals surface area contributed by atoms with Gasteiger partial charge in [-0.3, -0.25) is 27.5 Å². The third-order valence-corrected chi connectivity index (χ3v) is 10.3. The predicted octanol–water partition coefficient (Wildman–Crippen LogP) is -1.34. The number of alkyl halides is 4. The zero-order valence-electron chi connectivity index (χ0n) is 31.5. The number of aromatic nitrogens is 6. The standard InChI is InChI=1S/C30H39F4N9O17P2/c1-2-3-4-17(44)40-13(7-54-10-30(33,34)28(31)32)27(47)59-21-14(57-26(19(21)45)43-12-39-18-23(36)37-11-38-24(18)43)9-56-62(52,53)60-22-15(8-55-61(49,50)51)58-25(20(22)46)42-6-5-16(35)41-29(42)48/h2,5-6,11-15,19-22,25-26,28,45-46H,1,3-4,7-10H2,(H,40,44)(H,52,53)(H2,35,41,48)(H2,36,37,38)(H2,49,50,51)/t13?,14-,15-,19-,20-,21-,22-,25-,26-/m1/s1.